The number of carboxylic acid groups (broad SMARTS) is 1. The maximum absolute atomic E-state index is 11.9. The van der Waals surface area contributed by atoms with E-state index >= 15 is 0 Å². The third-order valence-corrected chi connectivity index (χ3v) is 12.1. The van der Waals surface area contributed by atoms with Crippen molar-refractivity contribution < 1.29 is 28.9 Å². The lowest BCUT2D eigenvalue weighted by molar-refractivity contribution is -0.149. The summed E-state index contributed by atoms with van der Waals surface area (Å²) in [4.78, 5) is 37.3. The molecule has 4 aliphatic rings. The molecule has 2 aliphatic carbocycles. The zero-order valence-corrected chi connectivity index (χ0v) is 33.2. The predicted octanol–water partition coefficient (Wildman–Crippen LogP) is 8.96. The van der Waals surface area contributed by atoms with Crippen LogP contribution < -0.4 is 9.47 Å². The smallest absolute Gasteiger partial charge is 0.309 e. The van der Waals surface area contributed by atoms with E-state index in [0.29, 0.717) is 18.8 Å². The lowest BCUT2D eigenvalue weighted by Crippen LogP contribution is -2.36. The number of rotatable bonds is 11. The Morgan fingerprint density at radius 3 is 1.48 bits per heavy atom. The number of nitrogens with zero attached hydrogens (tertiary/aromatic N) is 4. The van der Waals surface area contributed by atoms with E-state index < -0.39 is 5.97 Å². The van der Waals surface area contributed by atoms with E-state index in [1.165, 1.54) is 51.4 Å². The van der Waals surface area contributed by atoms with Crippen LogP contribution in [-0.4, -0.2) is 81.8 Å². The van der Waals surface area contributed by atoms with E-state index in [0.717, 1.165) is 122 Å². The monoisotopic (exact) mass is 764 g/mol. The molecule has 1 N–H and O–H groups in total. The summed E-state index contributed by atoms with van der Waals surface area (Å²) in [6.07, 6.45) is 16.3. The van der Waals surface area contributed by atoms with E-state index in [1.807, 2.05) is 19.1 Å². The molecule has 10 heteroatoms. The molecule has 10 nitrogen and oxygen atoms in total. The van der Waals surface area contributed by atoms with Crippen LogP contribution in [0.5, 0.6) is 11.5 Å². The molecule has 56 heavy (non-hydrogen) atoms. The maximum atomic E-state index is 11.9. The number of likely N-dealkylation sites (tertiary alicyclic amines) is 2. The highest BCUT2D eigenvalue weighted by Crippen LogP contribution is 2.29. The number of hydrogen-bond acceptors (Lipinski definition) is 9. The van der Waals surface area contributed by atoms with Gasteiger partial charge in [-0.15, -0.1) is 0 Å². The zero-order valence-electron chi connectivity index (χ0n) is 33.2. The molecule has 0 amide bonds. The molecule has 0 atom stereocenters. The van der Waals surface area contributed by atoms with Gasteiger partial charge in [0.15, 0.2) is 0 Å². The van der Waals surface area contributed by atoms with Crippen LogP contribution in [0.25, 0.3) is 21.8 Å². The summed E-state index contributed by atoms with van der Waals surface area (Å²) in [6, 6.07) is 20.9. The Labute approximate surface area is 331 Å². The van der Waals surface area contributed by atoms with Crippen molar-refractivity contribution in [2.24, 2.45) is 11.8 Å². The number of pyridine rings is 2. The number of ether oxygens (including phenoxy) is 3. The predicted molar refractivity (Wildman–Crippen MR) is 219 cm³/mol. The Morgan fingerprint density at radius 1 is 0.607 bits per heavy atom. The van der Waals surface area contributed by atoms with Crippen LogP contribution in [0, 0.1) is 11.8 Å². The van der Waals surface area contributed by atoms with Crippen LogP contribution in [0.4, 0.5) is 0 Å². The van der Waals surface area contributed by atoms with Crippen LogP contribution >= 0.6 is 0 Å². The Kier molecular flexibility index (Phi) is 14.1. The van der Waals surface area contributed by atoms with Gasteiger partial charge >= 0.3 is 11.9 Å². The van der Waals surface area contributed by atoms with Crippen LogP contribution in [0.15, 0.2) is 60.7 Å². The van der Waals surface area contributed by atoms with Crippen molar-refractivity contribution in [1.82, 2.24) is 19.8 Å². The second kappa shape index (κ2) is 19.7. The topological polar surface area (TPSA) is 114 Å². The summed E-state index contributed by atoms with van der Waals surface area (Å²) in [5.74, 6) is 1.07. The number of aliphatic carboxylic acids is 1. The van der Waals surface area contributed by atoms with Gasteiger partial charge in [0.25, 0.3) is 0 Å². The number of fused-ring (bicyclic) bond motifs is 2. The van der Waals surface area contributed by atoms with Gasteiger partial charge in [-0.05, 0) is 159 Å². The molecule has 0 spiro atoms. The molecule has 0 unspecified atom stereocenters. The normalized spacial score (nSPS) is 19.7. The summed E-state index contributed by atoms with van der Waals surface area (Å²) in [7, 11) is 0. The molecule has 8 rings (SSSR count). The average Bonchev–Trinajstić information content (AvgIpc) is 3.22. The lowest BCUT2D eigenvalue weighted by Gasteiger charge is -2.30. The minimum atomic E-state index is -0.662. The highest BCUT2D eigenvalue weighted by atomic mass is 16.5. The van der Waals surface area contributed by atoms with Gasteiger partial charge < -0.3 is 19.3 Å². The Balaban J connectivity index is 0.000000172. The summed E-state index contributed by atoms with van der Waals surface area (Å²) in [5.41, 5.74) is 4.12. The molecule has 4 fully saturated rings. The van der Waals surface area contributed by atoms with E-state index in [-0.39, 0.29) is 17.8 Å². The van der Waals surface area contributed by atoms with Crippen molar-refractivity contribution in [2.75, 3.05) is 32.8 Å². The molecular formula is C46H60N4O6. The van der Waals surface area contributed by atoms with E-state index in [1.54, 1.807) is 0 Å². The van der Waals surface area contributed by atoms with Crippen LogP contribution in [0.1, 0.15) is 108 Å². The highest BCUT2D eigenvalue weighted by molar-refractivity contribution is 5.81. The number of carboxylic acids is 1. The van der Waals surface area contributed by atoms with Gasteiger partial charge in [-0.2, -0.15) is 0 Å². The number of carbonyl (C=O) groups is 2. The third kappa shape index (κ3) is 11.2. The second-order valence-electron chi connectivity index (χ2n) is 16.3. The SMILES string of the molecule is CCOC(=O)C1CCN(Cc2ccc3cc(OC4CCCCC4)ccc3n2)CC1.O=C(O)C1CCN(Cc2ccc3cc(OC4CCCCC4)ccc3n2)CC1. The number of carbonyl (C=O) groups excluding carboxylic acids is 1. The number of hydrogen-bond donors (Lipinski definition) is 1. The van der Waals surface area contributed by atoms with Crippen molar-refractivity contribution in [2.45, 2.75) is 122 Å². The summed E-state index contributed by atoms with van der Waals surface area (Å²) in [6.45, 7) is 7.41. The van der Waals surface area contributed by atoms with Gasteiger partial charge in [0, 0.05) is 23.9 Å². The lowest BCUT2D eigenvalue weighted by atomic mass is 9.97. The van der Waals surface area contributed by atoms with E-state index in [9.17, 15) is 9.59 Å². The molecule has 300 valence electrons. The van der Waals surface area contributed by atoms with Crippen molar-refractivity contribution in [3.8, 4) is 11.5 Å². The van der Waals surface area contributed by atoms with Gasteiger partial charge in [-0.1, -0.05) is 25.0 Å². The molecule has 2 saturated heterocycles. The summed E-state index contributed by atoms with van der Waals surface area (Å²) >= 11 is 0. The number of aromatic nitrogens is 2. The fraction of sp³-hybridized carbons (Fsp3) is 0.565. The first-order valence-electron chi connectivity index (χ1n) is 21.4. The van der Waals surface area contributed by atoms with Crippen molar-refractivity contribution in [3.63, 3.8) is 0 Å². The molecule has 0 bridgehead atoms. The molecule has 2 saturated carbocycles. The Hall–Kier alpha value is -4.28. The third-order valence-electron chi connectivity index (χ3n) is 12.1. The maximum Gasteiger partial charge on any atom is 0.309 e. The van der Waals surface area contributed by atoms with Crippen molar-refractivity contribution in [1.29, 1.82) is 0 Å². The number of piperidine rings is 2. The van der Waals surface area contributed by atoms with Crippen LogP contribution in [0.2, 0.25) is 0 Å². The van der Waals surface area contributed by atoms with Gasteiger partial charge in [-0.3, -0.25) is 29.4 Å². The van der Waals surface area contributed by atoms with Gasteiger partial charge in [0.1, 0.15) is 11.5 Å². The van der Waals surface area contributed by atoms with E-state index in [4.69, 9.17) is 29.3 Å². The zero-order chi connectivity index (χ0) is 38.7. The van der Waals surface area contributed by atoms with Crippen molar-refractivity contribution in [3.05, 3.63) is 72.1 Å². The Morgan fingerprint density at radius 2 is 1.05 bits per heavy atom. The first-order chi connectivity index (χ1) is 27.4. The fourth-order valence-electron chi connectivity index (χ4n) is 8.75. The summed E-state index contributed by atoms with van der Waals surface area (Å²) < 4.78 is 17.5. The fourth-order valence-corrected chi connectivity index (χ4v) is 8.75. The van der Waals surface area contributed by atoms with Crippen LogP contribution in [0.3, 0.4) is 0 Å². The molecule has 2 aliphatic heterocycles. The minimum absolute atomic E-state index is 0.0396. The minimum Gasteiger partial charge on any atom is -0.490 e. The first-order valence-corrected chi connectivity index (χ1v) is 21.4. The number of benzene rings is 2. The highest BCUT2D eigenvalue weighted by Gasteiger charge is 2.27. The molecule has 2 aromatic heterocycles. The van der Waals surface area contributed by atoms with Crippen molar-refractivity contribution >= 4 is 33.7 Å². The second-order valence-corrected chi connectivity index (χ2v) is 16.3. The largest absolute Gasteiger partial charge is 0.490 e. The van der Waals surface area contributed by atoms with Crippen LogP contribution in [-0.2, 0) is 27.4 Å². The van der Waals surface area contributed by atoms with Gasteiger partial charge in [-0.25, -0.2) is 0 Å². The first kappa shape index (κ1) is 39.9. The number of esters is 1. The standard InChI is InChI=1S/C24H32N2O3.C22H28N2O3/c1-2-28-24(27)18-12-14-26(15-13-18)17-20-9-8-19-16-22(10-11-23(19)25-20)29-21-6-4-3-5-7-21;25-22(26)16-10-12-24(13-11-16)15-18-7-6-17-14-20(8-9-21(17)23-18)27-19-4-2-1-3-5-19/h8-11,16,18,21H,2-7,12-15,17H2,1H3;6-9,14,16,19H,1-5,10-13,15H2,(H,25,26). The van der Waals surface area contributed by atoms with E-state index in [2.05, 4.69) is 58.3 Å². The molecule has 2 aromatic carbocycles. The average molecular weight is 765 g/mol. The Bertz CT molecular complexity index is 1890. The summed E-state index contributed by atoms with van der Waals surface area (Å²) in [5, 5.41) is 11.4. The molecule has 4 heterocycles. The van der Waals surface area contributed by atoms with Gasteiger partial charge in [0.2, 0.25) is 0 Å². The molecular weight excluding hydrogens is 705 g/mol. The molecule has 4 aromatic rings. The van der Waals surface area contributed by atoms with Gasteiger partial charge in [0.05, 0.1) is 53.1 Å². The molecule has 0 radical (unpaired) electrons. The quantitative estimate of drug-likeness (QED) is 0.149.